The van der Waals surface area contributed by atoms with Crippen molar-refractivity contribution >= 4 is 39.1 Å². The molecule has 1 aromatic carbocycles. The van der Waals surface area contributed by atoms with E-state index in [1.165, 1.54) is 18.2 Å². The number of halogens is 2. The summed E-state index contributed by atoms with van der Waals surface area (Å²) in [7, 11) is 0. The maximum absolute atomic E-state index is 12.8. The van der Waals surface area contributed by atoms with E-state index in [9.17, 15) is 14.9 Å². The summed E-state index contributed by atoms with van der Waals surface area (Å²) < 4.78 is 0. The first-order valence-corrected chi connectivity index (χ1v) is 8.36. The first kappa shape index (κ1) is 16.2. The van der Waals surface area contributed by atoms with Gasteiger partial charge in [0.2, 0.25) is 0 Å². The van der Waals surface area contributed by atoms with Crippen LogP contribution in [0.2, 0.25) is 5.02 Å². The van der Waals surface area contributed by atoms with E-state index in [2.05, 4.69) is 15.9 Å². The first-order valence-electron chi connectivity index (χ1n) is 6.86. The molecule has 1 atom stereocenters. The van der Waals surface area contributed by atoms with Crippen LogP contribution in [0.3, 0.4) is 0 Å². The van der Waals surface area contributed by atoms with Crippen molar-refractivity contribution in [1.29, 1.82) is 0 Å². The Balaban J connectivity index is 2.40. The predicted octanol–water partition coefficient (Wildman–Crippen LogP) is 4.03. The SMILES string of the molecule is O=C(c1c(Cl)cccc1[N+](=O)[O-])N1CCCCCC1CBr. The van der Waals surface area contributed by atoms with Gasteiger partial charge < -0.3 is 4.90 Å². The highest BCUT2D eigenvalue weighted by molar-refractivity contribution is 9.09. The number of nitrogens with zero attached hydrogens (tertiary/aromatic N) is 2. The zero-order valence-electron chi connectivity index (χ0n) is 11.4. The number of benzene rings is 1. The highest BCUT2D eigenvalue weighted by Crippen LogP contribution is 2.30. The number of nitro benzene ring substituents is 1. The minimum Gasteiger partial charge on any atom is -0.335 e. The number of hydrogen-bond donors (Lipinski definition) is 0. The van der Waals surface area contributed by atoms with Gasteiger partial charge in [-0.1, -0.05) is 46.4 Å². The smallest absolute Gasteiger partial charge is 0.283 e. The lowest BCUT2D eigenvalue weighted by molar-refractivity contribution is -0.385. The van der Waals surface area contributed by atoms with Crippen LogP contribution in [0.4, 0.5) is 5.69 Å². The second kappa shape index (κ2) is 7.22. The average molecular weight is 376 g/mol. The Bertz CT molecular complexity index is 553. The van der Waals surface area contributed by atoms with Crippen molar-refractivity contribution in [2.75, 3.05) is 11.9 Å². The van der Waals surface area contributed by atoms with Crippen molar-refractivity contribution in [2.24, 2.45) is 0 Å². The van der Waals surface area contributed by atoms with E-state index in [0.717, 1.165) is 25.7 Å². The Morgan fingerprint density at radius 1 is 1.43 bits per heavy atom. The van der Waals surface area contributed by atoms with Crippen LogP contribution in [0.1, 0.15) is 36.0 Å². The van der Waals surface area contributed by atoms with Gasteiger partial charge in [-0.3, -0.25) is 14.9 Å². The Kier molecular flexibility index (Phi) is 5.58. The van der Waals surface area contributed by atoms with Crippen LogP contribution in [0.15, 0.2) is 18.2 Å². The van der Waals surface area contributed by atoms with Gasteiger partial charge in [0.15, 0.2) is 0 Å². The van der Waals surface area contributed by atoms with Gasteiger partial charge in [-0.05, 0) is 18.9 Å². The van der Waals surface area contributed by atoms with E-state index in [1.54, 1.807) is 4.90 Å². The minimum absolute atomic E-state index is 0.00276. The Hall–Kier alpha value is -1.14. The van der Waals surface area contributed by atoms with Crippen LogP contribution in [-0.2, 0) is 0 Å². The second-order valence-corrected chi connectivity index (χ2v) is 6.10. The molecule has 0 saturated carbocycles. The van der Waals surface area contributed by atoms with Crippen LogP contribution < -0.4 is 0 Å². The summed E-state index contributed by atoms with van der Waals surface area (Å²) in [5.41, 5.74) is -0.234. The molecule has 1 aliphatic rings. The summed E-state index contributed by atoms with van der Waals surface area (Å²) in [4.78, 5) is 25.1. The molecule has 0 aliphatic carbocycles. The average Bonchev–Trinajstić information content (AvgIpc) is 2.71. The molecule has 1 aromatic rings. The molecule has 1 unspecified atom stereocenters. The van der Waals surface area contributed by atoms with Crippen LogP contribution in [0.25, 0.3) is 0 Å². The number of alkyl halides is 1. The quantitative estimate of drug-likeness (QED) is 0.455. The zero-order chi connectivity index (χ0) is 15.4. The molecule has 1 aliphatic heterocycles. The third-order valence-electron chi connectivity index (χ3n) is 3.72. The molecule has 2 rings (SSSR count). The molecule has 1 amide bonds. The predicted molar refractivity (Wildman–Crippen MR) is 85.2 cm³/mol. The Morgan fingerprint density at radius 3 is 2.86 bits per heavy atom. The van der Waals surface area contributed by atoms with Crippen molar-refractivity contribution in [3.05, 3.63) is 38.9 Å². The lowest BCUT2D eigenvalue weighted by atomic mass is 10.1. The fourth-order valence-electron chi connectivity index (χ4n) is 2.63. The van der Waals surface area contributed by atoms with Crippen molar-refractivity contribution in [3.8, 4) is 0 Å². The topological polar surface area (TPSA) is 63.4 Å². The number of rotatable bonds is 3. The van der Waals surface area contributed by atoms with Gasteiger partial charge >= 0.3 is 0 Å². The maximum Gasteiger partial charge on any atom is 0.283 e. The fourth-order valence-corrected chi connectivity index (χ4v) is 3.55. The number of carbonyl (C=O) groups is 1. The molecule has 5 nitrogen and oxygen atoms in total. The summed E-state index contributed by atoms with van der Waals surface area (Å²) in [6, 6.07) is 4.38. The molecule has 1 saturated heterocycles. The molecule has 0 N–H and O–H groups in total. The van der Waals surface area contributed by atoms with Gasteiger partial charge in [0, 0.05) is 24.0 Å². The van der Waals surface area contributed by atoms with Crippen molar-refractivity contribution < 1.29 is 9.72 Å². The Morgan fingerprint density at radius 2 is 2.19 bits per heavy atom. The normalized spacial score (nSPS) is 19.1. The fraction of sp³-hybridized carbons (Fsp3) is 0.500. The molecule has 0 bridgehead atoms. The lowest BCUT2D eigenvalue weighted by Crippen LogP contribution is -2.41. The van der Waals surface area contributed by atoms with Gasteiger partial charge in [-0.2, -0.15) is 0 Å². The molecule has 0 spiro atoms. The van der Waals surface area contributed by atoms with E-state index in [-0.39, 0.29) is 28.2 Å². The van der Waals surface area contributed by atoms with Crippen LogP contribution >= 0.6 is 27.5 Å². The molecule has 1 heterocycles. The molecular weight excluding hydrogens is 360 g/mol. The largest absolute Gasteiger partial charge is 0.335 e. The summed E-state index contributed by atoms with van der Waals surface area (Å²) in [6.45, 7) is 0.609. The summed E-state index contributed by atoms with van der Waals surface area (Å²) in [6.07, 6.45) is 3.94. The number of amides is 1. The van der Waals surface area contributed by atoms with Crippen LogP contribution in [0.5, 0.6) is 0 Å². The van der Waals surface area contributed by atoms with E-state index in [4.69, 9.17) is 11.6 Å². The van der Waals surface area contributed by atoms with E-state index >= 15 is 0 Å². The first-order chi connectivity index (χ1) is 10.1. The number of hydrogen-bond acceptors (Lipinski definition) is 3. The zero-order valence-corrected chi connectivity index (χ0v) is 13.8. The Labute approximate surface area is 136 Å². The summed E-state index contributed by atoms with van der Waals surface area (Å²) in [5.74, 6) is -0.348. The highest BCUT2D eigenvalue weighted by atomic mass is 79.9. The van der Waals surface area contributed by atoms with Gasteiger partial charge in [0.1, 0.15) is 5.56 Å². The summed E-state index contributed by atoms with van der Waals surface area (Å²) in [5, 5.41) is 11.9. The molecule has 0 aromatic heterocycles. The monoisotopic (exact) mass is 374 g/mol. The van der Waals surface area contributed by atoms with Crippen molar-refractivity contribution in [1.82, 2.24) is 4.90 Å². The summed E-state index contributed by atoms with van der Waals surface area (Å²) >= 11 is 9.49. The minimum atomic E-state index is -0.555. The number of nitro groups is 1. The van der Waals surface area contributed by atoms with Gasteiger partial charge in [-0.25, -0.2) is 0 Å². The van der Waals surface area contributed by atoms with Gasteiger partial charge in [0.25, 0.3) is 11.6 Å². The highest BCUT2D eigenvalue weighted by Gasteiger charge is 2.31. The molecule has 0 radical (unpaired) electrons. The molecule has 114 valence electrons. The molecular formula is C14H16BrClN2O3. The van der Waals surface area contributed by atoms with Gasteiger partial charge in [-0.15, -0.1) is 0 Å². The van der Waals surface area contributed by atoms with E-state index < -0.39 is 4.92 Å². The molecule has 7 heteroatoms. The van der Waals surface area contributed by atoms with E-state index in [1.807, 2.05) is 0 Å². The second-order valence-electron chi connectivity index (χ2n) is 5.05. The van der Waals surface area contributed by atoms with Crippen LogP contribution in [-0.4, -0.2) is 33.6 Å². The molecule has 21 heavy (non-hydrogen) atoms. The van der Waals surface area contributed by atoms with E-state index in [0.29, 0.717) is 11.9 Å². The van der Waals surface area contributed by atoms with Gasteiger partial charge in [0.05, 0.1) is 9.95 Å². The van der Waals surface area contributed by atoms with Crippen molar-refractivity contribution in [2.45, 2.75) is 31.7 Å². The number of likely N-dealkylation sites (tertiary alicyclic amines) is 1. The number of carbonyl (C=O) groups excluding carboxylic acids is 1. The van der Waals surface area contributed by atoms with Crippen LogP contribution in [0, 0.1) is 10.1 Å². The van der Waals surface area contributed by atoms with Crippen molar-refractivity contribution in [3.63, 3.8) is 0 Å². The third kappa shape index (κ3) is 3.55. The lowest BCUT2D eigenvalue weighted by Gasteiger charge is -2.29. The standard InChI is InChI=1S/C14H16BrClN2O3/c15-9-10-5-2-1-3-8-17(10)14(19)13-11(16)6-4-7-12(13)18(20)21/h4,6-7,10H,1-3,5,8-9H2. The third-order valence-corrected chi connectivity index (χ3v) is 4.78. The maximum atomic E-state index is 12.8. The molecule has 1 fully saturated rings.